The number of halogens is 4. The first-order valence-corrected chi connectivity index (χ1v) is 11.4. The molecule has 0 spiro atoms. The van der Waals surface area contributed by atoms with E-state index in [2.05, 4.69) is 20.6 Å². The lowest BCUT2D eigenvalue weighted by atomic mass is 10.0. The molecule has 36 heavy (non-hydrogen) atoms. The number of fused-ring (bicyclic) bond motifs is 1. The number of piperidine rings is 1. The van der Waals surface area contributed by atoms with Crippen LogP contribution in [-0.2, 0) is 13.2 Å². The van der Waals surface area contributed by atoms with Crippen LogP contribution in [-0.4, -0.2) is 45.0 Å². The molecule has 2 aromatic heterocycles. The largest absolute Gasteiger partial charge is 0.417 e. The highest BCUT2D eigenvalue weighted by Crippen LogP contribution is 2.34. The summed E-state index contributed by atoms with van der Waals surface area (Å²) in [6.45, 7) is 1.04. The Morgan fingerprint density at radius 3 is 2.42 bits per heavy atom. The topological polar surface area (TPSA) is 75.9 Å². The van der Waals surface area contributed by atoms with Crippen LogP contribution in [0.4, 0.5) is 23.4 Å². The average Bonchev–Trinajstić information content (AvgIpc) is 3.28. The molecule has 1 fully saturated rings. The second-order valence-corrected chi connectivity index (χ2v) is 8.68. The molecule has 1 amide bonds. The second-order valence-electron chi connectivity index (χ2n) is 8.68. The molecule has 1 aliphatic heterocycles. The molecule has 0 radical (unpaired) electrons. The number of amides is 1. The van der Waals surface area contributed by atoms with Crippen LogP contribution in [0.15, 0.2) is 54.7 Å². The van der Waals surface area contributed by atoms with Crippen molar-refractivity contribution < 1.29 is 22.4 Å². The van der Waals surface area contributed by atoms with Gasteiger partial charge in [-0.2, -0.15) is 18.3 Å². The number of anilines is 1. The highest BCUT2D eigenvalue weighted by Gasteiger charge is 2.36. The van der Waals surface area contributed by atoms with Crippen molar-refractivity contribution in [3.8, 4) is 11.4 Å². The smallest absolute Gasteiger partial charge is 0.354 e. The number of rotatable bonds is 4. The van der Waals surface area contributed by atoms with E-state index in [4.69, 9.17) is 0 Å². The number of aryl methyl sites for hydroxylation is 1. The SMILES string of the molecule is Cn1nccc1-c1nnc(N2CCC(NC(=O)c3cc(F)ccc3C(F)(F)F)CC2)c2ccccc12. The monoisotopic (exact) mass is 498 g/mol. The van der Waals surface area contributed by atoms with E-state index in [1.807, 2.05) is 42.3 Å². The minimum Gasteiger partial charge on any atom is -0.354 e. The van der Waals surface area contributed by atoms with Gasteiger partial charge in [-0.25, -0.2) is 4.39 Å². The standard InChI is InChI=1S/C25H22F4N6O/c1-34-21(8-11-30-34)22-17-4-2-3-5-18(17)23(33-32-22)35-12-9-16(10-13-35)31-24(36)19-14-15(26)6-7-20(19)25(27,28)29/h2-8,11,14,16H,9-10,12-13H2,1H3,(H,31,36). The quantitative estimate of drug-likeness (QED) is 0.417. The summed E-state index contributed by atoms with van der Waals surface area (Å²) in [5.41, 5.74) is -0.323. The van der Waals surface area contributed by atoms with E-state index in [-0.39, 0.29) is 6.04 Å². The number of hydrogen-bond acceptors (Lipinski definition) is 5. The zero-order chi connectivity index (χ0) is 25.4. The third kappa shape index (κ3) is 4.48. The Labute approximate surface area is 203 Å². The van der Waals surface area contributed by atoms with Crippen LogP contribution in [0.3, 0.4) is 0 Å². The number of alkyl halides is 3. The molecule has 5 rings (SSSR count). The van der Waals surface area contributed by atoms with Crippen molar-refractivity contribution >= 4 is 22.5 Å². The van der Waals surface area contributed by atoms with Gasteiger partial charge in [-0.3, -0.25) is 9.48 Å². The zero-order valence-corrected chi connectivity index (χ0v) is 19.3. The maximum absolute atomic E-state index is 13.6. The van der Waals surface area contributed by atoms with Gasteiger partial charge < -0.3 is 10.2 Å². The third-order valence-electron chi connectivity index (χ3n) is 6.39. The number of nitrogens with zero attached hydrogens (tertiary/aromatic N) is 5. The molecule has 1 N–H and O–H groups in total. The Morgan fingerprint density at radius 1 is 1.03 bits per heavy atom. The number of carbonyl (C=O) groups is 1. The van der Waals surface area contributed by atoms with E-state index in [9.17, 15) is 22.4 Å². The molecule has 1 saturated heterocycles. The Balaban J connectivity index is 1.33. The van der Waals surface area contributed by atoms with Crippen LogP contribution in [0.1, 0.15) is 28.8 Å². The molecule has 0 unspecified atom stereocenters. The lowest BCUT2D eigenvalue weighted by Crippen LogP contribution is -2.45. The molecule has 2 aromatic carbocycles. The van der Waals surface area contributed by atoms with Crippen molar-refractivity contribution in [2.45, 2.75) is 25.1 Å². The number of carbonyl (C=O) groups excluding carboxylic acids is 1. The lowest BCUT2D eigenvalue weighted by molar-refractivity contribution is -0.138. The molecule has 0 atom stereocenters. The van der Waals surface area contributed by atoms with Crippen molar-refractivity contribution in [3.05, 3.63) is 71.7 Å². The summed E-state index contributed by atoms with van der Waals surface area (Å²) in [7, 11) is 1.83. The summed E-state index contributed by atoms with van der Waals surface area (Å²) < 4.78 is 55.2. The fourth-order valence-electron chi connectivity index (χ4n) is 4.57. The van der Waals surface area contributed by atoms with Gasteiger partial charge in [-0.1, -0.05) is 24.3 Å². The third-order valence-corrected chi connectivity index (χ3v) is 6.39. The van der Waals surface area contributed by atoms with Gasteiger partial charge in [0, 0.05) is 43.1 Å². The first-order chi connectivity index (χ1) is 17.2. The normalized spacial score (nSPS) is 14.9. The number of hydrogen-bond donors (Lipinski definition) is 1. The number of aromatic nitrogens is 4. The van der Waals surface area contributed by atoms with Crippen LogP contribution in [0, 0.1) is 5.82 Å². The fraction of sp³-hybridized carbons (Fsp3) is 0.280. The van der Waals surface area contributed by atoms with Gasteiger partial charge in [-0.05, 0) is 37.1 Å². The minimum atomic E-state index is -4.76. The number of benzene rings is 2. The molecule has 0 aliphatic carbocycles. The van der Waals surface area contributed by atoms with Gasteiger partial charge in [0.1, 0.15) is 11.5 Å². The highest BCUT2D eigenvalue weighted by molar-refractivity contribution is 6.00. The molecule has 0 bridgehead atoms. The molecular weight excluding hydrogens is 476 g/mol. The van der Waals surface area contributed by atoms with Crippen LogP contribution < -0.4 is 10.2 Å². The summed E-state index contributed by atoms with van der Waals surface area (Å²) in [6, 6.07) is 11.2. The Kier molecular flexibility index (Phi) is 6.07. The molecule has 4 aromatic rings. The summed E-state index contributed by atoms with van der Waals surface area (Å²) in [4.78, 5) is 14.7. The van der Waals surface area contributed by atoms with Gasteiger partial charge in [0.25, 0.3) is 5.91 Å². The summed E-state index contributed by atoms with van der Waals surface area (Å²) >= 11 is 0. The van der Waals surface area contributed by atoms with Crippen LogP contribution in [0.25, 0.3) is 22.2 Å². The van der Waals surface area contributed by atoms with Crippen LogP contribution in [0.2, 0.25) is 0 Å². The van der Waals surface area contributed by atoms with E-state index in [1.54, 1.807) is 10.9 Å². The molecule has 7 nitrogen and oxygen atoms in total. The molecule has 0 saturated carbocycles. The fourth-order valence-corrected chi connectivity index (χ4v) is 4.57. The maximum atomic E-state index is 13.6. The summed E-state index contributed by atoms with van der Waals surface area (Å²) in [6.07, 6.45) is -2.09. The second kappa shape index (κ2) is 9.21. The predicted molar refractivity (Wildman–Crippen MR) is 126 cm³/mol. The van der Waals surface area contributed by atoms with Crippen molar-refractivity contribution in [1.29, 1.82) is 0 Å². The van der Waals surface area contributed by atoms with Crippen LogP contribution >= 0.6 is 0 Å². The predicted octanol–water partition coefficient (Wildman–Crippen LogP) is 4.59. The van der Waals surface area contributed by atoms with Crippen molar-refractivity contribution in [2.24, 2.45) is 7.05 Å². The molecular formula is C25H22F4N6O. The minimum absolute atomic E-state index is 0.356. The van der Waals surface area contributed by atoms with Crippen molar-refractivity contribution in [2.75, 3.05) is 18.0 Å². The first kappa shape index (κ1) is 23.7. The van der Waals surface area contributed by atoms with Gasteiger partial charge in [0.05, 0.1) is 16.8 Å². The average molecular weight is 498 g/mol. The zero-order valence-electron chi connectivity index (χ0n) is 19.3. The van der Waals surface area contributed by atoms with Crippen molar-refractivity contribution in [3.63, 3.8) is 0 Å². The lowest BCUT2D eigenvalue weighted by Gasteiger charge is -2.33. The Morgan fingerprint density at radius 2 is 1.75 bits per heavy atom. The van der Waals surface area contributed by atoms with E-state index in [0.717, 1.165) is 16.5 Å². The van der Waals surface area contributed by atoms with E-state index >= 15 is 0 Å². The maximum Gasteiger partial charge on any atom is 0.417 e. The Hall–Kier alpha value is -4.02. The molecule has 11 heteroatoms. The summed E-state index contributed by atoms with van der Waals surface area (Å²) in [5.74, 6) is -1.14. The van der Waals surface area contributed by atoms with E-state index in [1.165, 1.54) is 0 Å². The molecule has 3 heterocycles. The number of nitrogens with one attached hydrogen (secondary N) is 1. The van der Waals surface area contributed by atoms with Gasteiger partial charge in [-0.15, -0.1) is 10.2 Å². The van der Waals surface area contributed by atoms with Gasteiger partial charge in [0.15, 0.2) is 5.82 Å². The highest BCUT2D eigenvalue weighted by atomic mass is 19.4. The Bertz CT molecular complexity index is 1430. The van der Waals surface area contributed by atoms with Crippen LogP contribution in [0.5, 0.6) is 0 Å². The summed E-state index contributed by atoms with van der Waals surface area (Å²) in [5, 5.41) is 17.7. The van der Waals surface area contributed by atoms with Gasteiger partial charge in [0.2, 0.25) is 0 Å². The van der Waals surface area contributed by atoms with E-state index in [0.29, 0.717) is 55.6 Å². The molecule has 1 aliphatic rings. The van der Waals surface area contributed by atoms with Gasteiger partial charge >= 0.3 is 6.18 Å². The van der Waals surface area contributed by atoms with E-state index < -0.39 is 29.0 Å². The van der Waals surface area contributed by atoms with Crippen molar-refractivity contribution in [1.82, 2.24) is 25.3 Å². The first-order valence-electron chi connectivity index (χ1n) is 11.4. The molecule has 186 valence electrons.